The molecular weight excluding hydrogens is 234 g/mol. The number of amides is 1. The number of hydrogen-bond acceptors (Lipinski definition) is 4. The molecule has 0 bridgehead atoms. The molecule has 0 saturated heterocycles. The summed E-state index contributed by atoms with van der Waals surface area (Å²) in [7, 11) is 1.68. The highest BCUT2D eigenvalue weighted by Gasteiger charge is 2.50. The van der Waals surface area contributed by atoms with Crippen LogP contribution in [0.15, 0.2) is 11.4 Å². The Labute approximate surface area is 105 Å². The molecule has 7 heteroatoms. The summed E-state index contributed by atoms with van der Waals surface area (Å²) in [6, 6.07) is 0. The number of aromatic nitrogens is 2. The Morgan fingerprint density at radius 1 is 1.72 bits per heavy atom. The molecule has 1 aromatic heterocycles. The van der Waals surface area contributed by atoms with Crippen LogP contribution in [-0.2, 0) is 11.8 Å². The average molecular weight is 251 g/mol. The van der Waals surface area contributed by atoms with Gasteiger partial charge >= 0.3 is 0 Å². The Bertz CT molecular complexity index is 518. The summed E-state index contributed by atoms with van der Waals surface area (Å²) in [5.41, 5.74) is 5.99. The van der Waals surface area contributed by atoms with Crippen molar-refractivity contribution in [1.82, 2.24) is 9.78 Å². The van der Waals surface area contributed by atoms with Crippen LogP contribution in [-0.4, -0.2) is 26.7 Å². The van der Waals surface area contributed by atoms with E-state index in [1.165, 1.54) is 10.9 Å². The number of nitrogens with one attached hydrogen (secondary N) is 1. The van der Waals surface area contributed by atoms with Gasteiger partial charge in [-0.2, -0.15) is 5.10 Å². The van der Waals surface area contributed by atoms with Crippen LogP contribution in [0.25, 0.3) is 0 Å². The van der Waals surface area contributed by atoms with Gasteiger partial charge in [-0.05, 0) is 11.8 Å². The van der Waals surface area contributed by atoms with Crippen LogP contribution in [0.4, 0.5) is 5.82 Å². The van der Waals surface area contributed by atoms with Crippen LogP contribution in [0.2, 0.25) is 0 Å². The molecule has 2 rings (SSSR count). The van der Waals surface area contributed by atoms with E-state index in [9.17, 15) is 4.79 Å². The zero-order valence-electron chi connectivity index (χ0n) is 10.6. The fourth-order valence-corrected chi connectivity index (χ4v) is 1.95. The van der Waals surface area contributed by atoms with Gasteiger partial charge in [0.25, 0.3) is 0 Å². The minimum Gasteiger partial charge on any atom is -0.409 e. The predicted octanol–water partition coefficient (Wildman–Crippen LogP) is 0.499. The van der Waals surface area contributed by atoms with Gasteiger partial charge in [-0.15, -0.1) is 0 Å². The van der Waals surface area contributed by atoms with Crippen molar-refractivity contribution in [3.63, 3.8) is 0 Å². The van der Waals surface area contributed by atoms with E-state index in [1.54, 1.807) is 7.05 Å². The second-order valence-corrected chi connectivity index (χ2v) is 5.25. The van der Waals surface area contributed by atoms with E-state index >= 15 is 0 Å². The van der Waals surface area contributed by atoms with Crippen molar-refractivity contribution in [2.24, 2.45) is 29.3 Å². The third kappa shape index (κ3) is 2.03. The van der Waals surface area contributed by atoms with Gasteiger partial charge in [-0.1, -0.05) is 19.0 Å². The summed E-state index contributed by atoms with van der Waals surface area (Å²) >= 11 is 0. The molecule has 0 aliphatic heterocycles. The van der Waals surface area contributed by atoms with E-state index < -0.39 is 0 Å². The normalized spacial score (nSPS) is 21.7. The van der Waals surface area contributed by atoms with Crippen molar-refractivity contribution < 1.29 is 10.0 Å². The van der Waals surface area contributed by atoms with Crippen molar-refractivity contribution in [2.75, 3.05) is 5.32 Å². The van der Waals surface area contributed by atoms with Crippen LogP contribution in [0.3, 0.4) is 0 Å². The summed E-state index contributed by atoms with van der Waals surface area (Å²) in [6.45, 7) is 4.09. The lowest BCUT2D eigenvalue weighted by molar-refractivity contribution is -0.118. The molecule has 1 unspecified atom stereocenters. The average Bonchev–Trinajstić information content (AvgIpc) is 2.81. The molecule has 1 aromatic rings. The van der Waals surface area contributed by atoms with Crippen molar-refractivity contribution in [3.8, 4) is 0 Å². The van der Waals surface area contributed by atoms with E-state index in [0.717, 1.165) is 6.42 Å². The predicted molar refractivity (Wildman–Crippen MR) is 66.2 cm³/mol. The number of hydrogen-bond donors (Lipinski definition) is 3. The molecule has 0 spiro atoms. The Morgan fingerprint density at radius 3 is 2.83 bits per heavy atom. The first-order chi connectivity index (χ1) is 8.36. The lowest BCUT2D eigenvalue weighted by Gasteiger charge is -2.08. The second kappa shape index (κ2) is 4.01. The third-order valence-corrected chi connectivity index (χ3v) is 3.39. The highest BCUT2D eigenvalue weighted by molar-refractivity contribution is 6.05. The van der Waals surface area contributed by atoms with Crippen molar-refractivity contribution in [1.29, 1.82) is 0 Å². The number of nitrogens with zero attached hydrogens (tertiary/aromatic N) is 3. The van der Waals surface area contributed by atoms with Gasteiger partial charge in [0.05, 0.1) is 11.8 Å². The number of amidine groups is 1. The molecule has 98 valence electrons. The summed E-state index contributed by atoms with van der Waals surface area (Å²) in [4.78, 5) is 12.0. The quantitative estimate of drug-likeness (QED) is 0.315. The molecule has 1 aliphatic carbocycles. The molecule has 1 aliphatic rings. The lowest BCUT2D eigenvalue weighted by Crippen LogP contribution is -2.22. The molecule has 7 nitrogen and oxygen atoms in total. The molecule has 0 radical (unpaired) electrons. The van der Waals surface area contributed by atoms with Gasteiger partial charge in [-0.3, -0.25) is 9.48 Å². The lowest BCUT2D eigenvalue weighted by atomic mass is 10.1. The van der Waals surface area contributed by atoms with E-state index in [0.29, 0.717) is 11.4 Å². The van der Waals surface area contributed by atoms with Crippen LogP contribution < -0.4 is 11.1 Å². The van der Waals surface area contributed by atoms with Gasteiger partial charge in [0.2, 0.25) is 5.91 Å². The maximum Gasteiger partial charge on any atom is 0.229 e. The number of anilines is 1. The number of oxime groups is 1. The first kappa shape index (κ1) is 12.4. The van der Waals surface area contributed by atoms with Crippen LogP contribution >= 0.6 is 0 Å². The topological polar surface area (TPSA) is 106 Å². The minimum atomic E-state index is -0.0755. The van der Waals surface area contributed by atoms with Gasteiger partial charge in [0.1, 0.15) is 5.82 Å². The highest BCUT2D eigenvalue weighted by atomic mass is 16.4. The van der Waals surface area contributed by atoms with Crippen LogP contribution in [0.5, 0.6) is 0 Å². The van der Waals surface area contributed by atoms with E-state index in [-0.39, 0.29) is 23.1 Å². The van der Waals surface area contributed by atoms with Gasteiger partial charge in [0.15, 0.2) is 5.84 Å². The number of carbonyl (C=O) groups excluding carboxylic acids is 1. The summed E-state index contributed by atoms with van der Waals surface area (Å²) < 4.78 is 1.49. The monoisotopic (exact) mass is 251 g/mol. The van der Waals surface area contributed by atoms with Crippen LogP contribution in [0, 0.1) is 11.3 Å². The number of nitrogens with two attached hydrogens (primary N) is 1. The van der Waals surface area contributed by atoms with Gasteiger partial charge < -0.3 is 16.3 Å². The fraction of sp³-hybridized carbons (Fsp3) is 0.545. The third-order valence-electron chi connectivity index (χ3n) is 3.39. The molecule has 1 heterocycles. The van der Waals surface area contributed by atoms with Gasteiger partial charge in [0, 0.05) is 13.0 Å². The molecule has 1 fully saturated rings. The summed E-state index contributed by atoms with van der Waals surface area (Å²) in [5.74, 6) is 0.314. The van der Waals surface area contributed by atoms with Crippen molar-refractivity contribution >= 4 is 17.6 Å². The second-order valence-electron chi connectivity index (χ2n) is 5.25. The minimum absolute atomic E-state index is 0.00698. The Hall–Kier alpha value is -2.05. The molecular formula is C11H17N5O2. The summed E-state index contributed by atoms with van der Waals surface area (Å²) in [6.07, 6.45) is 2.32. The Kier molecular flexibility index (Phi) is 2.76. The van der Waals surface area contributed by atoms with Crippen molar-refractivity contribution in [3.05, 3.63) is 11.8 Å². The number of rotatable bonds is 3. The molecule has 1 atom stereocenters. The van der Waals surface area contributed by atoms with E-state index in [2.05, 4.69) is 15.6 Å². The maximum atomic E-state index is 12.0. The maximum absolute atomic E-state index is 12.0. The fourth-order valence-electron chi connectivity index (χ4n) is 1.95. The zero-order valence-corrected chi connectivity index (χ0v) is 10.6. The molecule has 4 N–H and O–H groups in total. The molecule has 1 amide bonds. The smallest absolute Gasteiger partial charge is 0.229 e. The largest absolute Gasteiger partial charge is 0.409 e. The van der Waals surface area contributed by atoms with Crippen molar-refractivity contribution in [2.45, 2.75) is 20.3 Å². The highest BCUT2D eigenvalue weighted by Crippen LogP contribution is 2.52. The number of aryl methyl sites for hydroxylation is 1. The first-order valence-electron chi connectivity index (χ1n) is 5.67. The standard InChI is InChI=1S/C11H17N5O2/c1-11(2)4-7(11)10(17)14-9-6(8(12)15-18)5-13-16(9)3/h5,7,18H,4H2,1-3H3,(H2,12,15)(H,14,17). The van der Waals surface area contributed by atoms with E-state index in [1.807, 2.05) is 13.8 Å². The molecule has 18 heavy (non-hydrogen) atoms. The van der Waals surface area contributed by atoms with Crippen LogP contribution in [0.1, 0.15) is 25.8 Å². The Balaban J connectivity index is 2.19. The summed E-state index contributed by atoms with van der Waals surface area (Å²) in [5, 5.41) is 18.4. The Morgan fingerprint density at radius 2 is 2.33 bits per heavy atom. The van der Waals surface area contributed by atoms with Gasteiger partial charge in [-0.25, -0.2) is 0 Å². The SMILES string of the molecule is Cn1ncc(C(N)=NO)c1NC(=O)C1CC1(C)C. The van der Waals surface area contributed by atoms with E-state index in [4.69, 9.17) is 10.9 Å². The molecule has 0 aromatic carbocycles. The zero-order chi connectivity index (χ0) is 13.5. The number of carbonyl (C=O) groups is 1. The first-order valence-corrected chi connectivity index (χ1v) is 5.67. The molecule has 1 saturated carbocycles.